The molecule has 0 spiro atoms. The predicted octanol–water partition coefficient (Wildman–Crippen LogP) is 1.59. The number of nitrogens with one attached hydrogen (secondary N) is 1. The monoisotopic (exact) mass is 245 g/mol. The van der Waals surface area contributed by atoms with Gasteiger partial charge in [0.1, 0.15) is 0 Å². The second kappa shape index (κ2) is 8.86. The fraction of sp³-hybridized carbons (Fsp3) is 1.00. The minimum absolute atomic E-state index is 0.383. The molecule has 1 aliphatic carbocycles. The van der Waals surface area contributed by atoms with Crippen molar-refractivity contribution >= 4 is 0 Å². The number of rotatable bonds is 8. The van der Waals surface area contributed by atoms with Gasteiger partial charge in [-0.05, 0) is 32.6 Å². The van der Waals surface area contributed by atoms with Crippen molar-refractivity contribution in [2.45, 2.75) is 50.9 Å². The Kier molecular flexibility index (Phi) is 7.77. The van der Waals surface area contributed by atoms with Crippen molar-refractivity contribution in [3.05, 3.63) is 0 Å². The van der Waals surface area contributed by atoms with Crippen LogP contribution in [0.3, 0.4) is 0 Å². The van der Waals surface area contributed by atoms with Gasteiger partial charge in [-0.3, -0.25) is 0 Å². The quantitative estimate of drug-likeness (QED) is 0.659. The molecule has 1 rings (SSSR count). The topological polar surface area (TPSA) is 39.7 Å². The van der Waals surface area contributed by atoms with Gasteiger partial charge in [-0.2, -0.15) is 0 Å². The lowest BCUT2D eigenvalue weighted by Gasteiger charge is -2.28. The number of methoxy groups -OCH3 is 2. The van der Waals surface area contributed by atoms with E-state index in [1.165, 1.54) is 19.3 Å². The van der Waals surface area contributed by atoms with Gasteiger partial charge < -0.3 is 19.5 Å². The van der Waals surface area contributed by atoms with Crippen LogP contribution in [0.1, 0.15) is 32.6 Å². The van der Waals surface area contributed by atoms with Crippen molar-refractivity contribution < 1.29 is 14.2 Å². The Balaban J connectivity index is 2.02. The third-order valence-corrected chi connectivity index (χ3v) is 3.28. The van der Waals surface area contributed by atoms with Gasteiger partial charge in [-0.1, -0.05) is 0 Å². The summed E-state index contributed by atoms with van der Waals surface area (Å²) in [5, 5.41) is 3.37. The van der Waals surface area contributed by atoms with Gasteiger partial charge in [-0.15, -0.1) is 0 Å². The molecule has 0 aliphatic heterocycles. The zero-order chi connectivity index (χ0) is 12.5. The molecule has 1 N–H and O–H groups in total. The molecule has 0 aromatic rings. The second-order valence-corrected chi connectivity index (χ2v) is 4.83. The fourth-order valence-corrected chi connectivity index (χ4v) is 2.31. The molecule has 102 valence electrons. The van der Waals surface area contributed by atoms with E-state index < -0.39 is 0 Å². The number of hydrogen-bond acceptors (Lipinski definition) is 4. The van der Waals surface area contributed by atoms with E-state index in [9.17, 15) is 0 Å². The summed E-state index contributed by atoms with van der Waals surface area (Å²) in [5.41, 5.74) is 0. The zero-order valence-electron chi connectivity index (χ0n) is 11.4. The van der Waals surface area contributed by atoms with Crippen LogP contribution in [0.5, 0.6) is 0 Å². The highest BCUT2D eigenvalue weighted by Crippen LogP contribution is 2.22. The highest BCUT2D eigenvalue weighted by atomic mass is 16.5. The molecule has 1 fully saturated rings. The highest BCUT2D eigenvalue weighted by Gasteiger charge is 2.21. The number of hydrogen-bond donors (Lipinski definition) is 1. The van der Waals surface area contributed by atoms with E-state index >= 15 is 0 Å². The van der Waals surface area contributed by atoms with Gasteiger partial charge in [0, 0.05) is 26.8 Å². The summed E-state index contributed by atoms with van der Waals surface area (Å²) in [6.07, 6.45) is 5.40. The van der Waals surface area contributed by atoms with Crippen LogP contribution in [0.15, 0.2) is 0 Å². The van der Waals surface area contributed by atoms with E-state index in [1.807, 2.05) is 0 Å². The van der Waals surface area contributed by atoms with Crippen LogP contribution < -0.4 is 5.32 Å². The molecule has 0 bridgehead atoms. The van der Waals surface area contributed by atoms with Crippen molar-refractivity contribution in [3.8, 4) is 0 Å². The molecule has 1 saturated carbocycles. The van der Waals surface area contributed by atoms with Crippen LogP contribution in [0, 0.1) is 0 Å². The molecule has 0 saturated heterocycles. The predicted molar refractivity (Wildman–Crippen MR) is 68.3 cm³/mol. The Hall–Kier alpha value is -0.160. The average molecular weight is 245 g/mol. The molecule has 0 aromatic carbocycles. The van der Waals surface area contributed by atoms with Crippen LogP contribution in [0.25, 0.3) is 0 Å². The van der Waals surface area contributed by atoms with Crippen LogP contribution in [0.2, 0.25) is 0 Å². The van der Waals surface area contributed by atoms with Gasteiger partial charge in [0.2, 0.25) is 0 Å². The summed E-state index contributed by atoms with van der Waals surface area (Å²) in [6.45, 7) is 4.52. The first-order chi connectivity index (χ1) is 8.26. The van der Waals surface area contributed by atoms with E-state index in [2.05, 4.69) is 12.2 Å². The summed E-state index contributed by atoms with van der Waals surface area (Å²) >= 11 is 0. The Morgan fingerprint density at radius 1 is 1.24 bits per heavy atom. The van der Waals surface area contributed by atoms with E-state index in [-0.39, 0.29) is 0 Å². The molecular formula is C13H27NO3. The van der Waals surface area contributed by atoms with Crippen LogP contribution in [-0.4, -0.2) is 52.2 Å². The van der Waals surface area contributed by atoms with Crippen LogP contribution in [0.4, 0.5) is 0 Å². The van der Waals surface area contributed by atoms with E-state index in [4.69, 9.17) is 14.2 Å². The minimum Gasteiger partial charge on any atom is -0.383 e. The average Bonchev–Trinajstić information content (AvgIpc) is 2.35. The Morgan fingerprint density at radius 3 is 2.71 bits per heavy atom. The molecular weight excluding hydrogens is 218 g/mol. The minimum atomic E-state index is 0.383. The summed E-state index contributed by atoms with van der Waals surface area (Å²) < 4.78 is 16.3. The van der Waals surface area contributed by atoms with Gasteiger partial charge >= 0.3 is 0 Å². The third kappa shape index (κ3) is 6.36. The molecule has 1 aliphatic rings. The molecule has 0 heterocycles. The fourth-order valence-electron chi connectivity index (χ4n) is 2.31. The molecule has 4 nitrogen and oxygen atoms in total. The van der Waals surface area contributed by atoms with Crippen LogP contribution >= 0.6 is 0 Å². The molecule has 17 heavy (non-hydrogen) atoms. The lowest BCUT2D eigenvalue weighted by atomic mass is 9.95. The van der Waals surface area contributed by atoms with Crippen molar-refractivity contribution in [1.29, 1.82) is 0 Å². The van der Waals surface area contributed by atoms with Crippen molar-refractivity contribution in [1.82, 2.24) is 5.32 Å². The molecule has 0 amide bonds. The molecule has 3 unspecified atom stereocenters. The van der Waals surface area contributed by atoms with E-state index in [0.29, 0.717) is 18.2 Å². The van der Waals surface area contributed by atoms with Gasteiger partial charge in [0.15, 0.2) is 0 Å². The molecule has 0 radical (unpaired) electrons. The Labute approximate surface area is 105 Å². The van der Waals surface area contributed by atoms with E-state index in [1.54, 1.807) is 14.2 Å². The normalized spacial score (nSPS) is 27.0. The highest BCUT2D eigenvalue weighted by molar-refractivity contribution is 4.73. The van der Waals surface area contributed by atoms with Crippen molar-refractivity contribution in [2.75, 3.05) is 34.0 Å². The molecule has 3 atom stereocenters. The summed E-state index contributed by atoms with van der Waals surface area (Å²) in [7, 11) is 3.52. The molecule has 4 heteroatoms. The van der Waals surface area contributed by atoms with Gasteiger partial charge in [0.05, 0.1) is 25.4 Å². The van der Waals surface area contributed by atoms with Crippen molar-refractivity contribution in [3.63, 3.8) is 0 Å². The largest absolute Gasteiger partial charge is 0.383 e. The first-order valence-corrected chi connectivity index (χ1v) is 6.63. The first kappa shape index (κ1) is 14.9. The van der Waals surface area contributed by atoms with Crippen LogP contribution in [-0.2, 0) is 14.2 Å². The Morgan fingerprint density at radius 2 is 2.00 bits per heavy atom. The third-order valence-electron chi connectivity index (χ3n) is 3.28. The van der Waals surface area contributed by atoms with E-state index in [0.717, 1.165) is 26.2 Å². The lowest BCUT2D eigenvalue weighted by Crippen LogP contribution is -2.35. The summed E-state index contributed by atoms with van der Waals surface area (Å²) in [4.78, 5) is 0. The van der Waals surface area contributed by atoms with Gasteiger partial charge in [-0.25, -0.2) is 0 Å². The second-order valence-electron chi connectivity index (χ2n) is 4.83. The maximum atomic E-state index is 5.86. The number of ether oxygens (including phenoxy) is 3. The zero-order valence-corrected chi connectivity index (χ0v) is 11.4. The molecule has 0 aromatic heterocycles. The standard InChI is InChI=1S/C13H27NO3/c1-11(10-15-2)14-7-8-17-13-6-4-5-12(9-13)16-3/h11-14H,4-10H2,1-3H3. The maximum absolute atomic E-state index is 5.86. The Bertz CT molecular complexity index is 190. The van der Waals surface area contributed by atoms with Gasteiger partial charge in [0.25, 0.3) is 0 Å². The van der Waals surface area contributed by atoms with Crippen molar-refractivity contribution in [2.24, 2.45) is 0 Å². The first-order valence-electron chi connectivity index (χ1n) is 6.63. The SMILES string of the molecule is COCC(C)NCCOC1CCCC(OC)C1. The summed E-state index contributed by atoms with van der Waals surface area (Å²) in [6, 6.07) is 0.390. The summed E-state index contributed by atoms with van der Waals surface area (Å²) in [5.74, 6) is 0. The smallest absolute Gasteiger partial charge is 0.0613 e. The maximum Gasteiger partial charge on any atom is 0.0613 e. The lowest BCUT2D eigenvalue weighted by molar-refractivity contribution is -0.0288.